The molecule has 18 heavy (non-hydrogen) atoms. The van der Waals surface area contributed by atoms with Crippen molar-refractivity contribution in [1.29, 1.82) is 0 Å². The zero-order valence-electron chi connectivity index (χ0n) is 11.8. The van der Waals surface area contributed by atoms with E-state index in [1.807, 2.05) is 0 Å². The second-order valence-corrected chi connectivity index (χ2v) is 6.36. The Kier molecular flexibility index (Phi) is 5.13. The van der Waals surface area contributed by atoms with E-state index in [0.29, 0.717) is 6.04 Å². The molecule has 0 bridgehead atoms. The van der Waals surface area contributed by atoms with Crippen molar-refractivity contribution in [2.45, 2.75) is 57.9 Å². The minimum atomic E-state index is 0.601. The molecule has 1 aromatic heterocycles. The summed E-state index contributed by atoms with van der Waals surface area (Å²) < 4.78 is 2.15. The molecule has 0 amide bonds. The zero-order chi connectivity index (χ0) is 13.0. The fraction of sp³-hybridized carbons (Fsp3) is 0.786. The minimum Gasteiger partial charge on any atom is -0.313 e. The third kappa shape index (κ3) is 3.29. The second kappa shape index (κ2) is 6.62. The smallest absolute Gasteiger partial charge is 0.0596 e. The van der Waals surface area contributed by atoms with Gasteiger partial charge in [-0.1, -0.05) is 6.92 Å². The van der Waals surface area contributed by atoms with Crippen molar-refractivity contribution < 1.29 is 0 Å². The van der Waals surface area contributed by atoms with Gasteiger partial charge in [-0.3, -0.25) is 4.68 Å². The number of nitrogens with zero attached hydrogens (tertiary/aromatic N) is 2. The Bertz CT molecular complexity index is 369. The number of aromatic nitrogens is 2. The molecular formula is C14H25N3S. The van der Waals surface area contributed by atoms with Crippen molar-refractivity contribution in [3.05, 3.63) is 17.5 Å². The summed E-state index contributed by atoms with van der Waals surface area (Å²) in [7, 11) is 0. The maximum absolute atomic E-state index is 4.55. The van der Waals surface area contributed by atoms with Gasteiger partial charge in [0.25, 0.3) is 0 Å². The van der Waals surface area contributed by atoms with Crippen LogP contribution in [0.5, 0.6) is 0 Å². The van der Waals surface area contributed by atoms with E-state index in [2.05, 4.69) is 53.7 Å². The highest BCUT2D eigenvalue weighted by Crippen LogP contribution is 2.30. The first kappa shape index (κ1) is 13.9. The lowest BCUT2D eigenvalue weighted by atomic mass is 10.0. The molecule has 1 aliphatic heterocycles. The van der Waals surface area contributed by atoms with Gasteiger partial charge >= 0.3 is 0 Å². The Morgan fingerprint density at radius 2 is 2.39 bits per heavy atom. The maximum atomic E-state index is 4.55. The summed E-state index contributed by atoms with van der Waals surface area (Å²) in [5.41, 5.74) is 2.52. The molecule has 0 aliphatic carbocycles. The van der Waals surface area contributed by atoms with E-state index in [1.165, 1.54) is 24.3 Å². The van der Waals surface area contributed by atoms with Crippen LogP contribution in [-0.4, -0.2) is 33.4 Å². The van der Waals surface area contributed by atoms with E-state index in [9.17, 15) is 0 Å². The number of hydrogen-bond acceptors (Lipinski definition) is 3. The lowest BCUT2D eigenvalue weighted by Crippen LogP contribution is -2.39. The summed E-state index contributed by atoms with van der Waals surface area (Å²) in [6.07, 6.45) is 3.85. The van der Waals surface area contributed by atoms with Gasteiger partial charge in [-0.15, -0.1) is 0 Å². The van der Waals surface area contributed by atoms with E-state index in [-0.39, 0.29) is 0 Å². The highest BCUT2D eigenvalue weighted by Gasteiger charge is 2.26. The molecule has 2 rings (SSSR count). The van der Waals surface area contributed by atoms with Crippen LogP contribution in [-0.2, 0) is 13.0 Å². The highest BCUT2D eigenvalue weighted by atomic mass is 32.2. The zero-order valence-corrected chi connectivity index (χ0v) is 12.6. The van der Waals surface area contributed by atoms with Crippen LogP contribution in [0.3, 0.4) is 0 Å². The molecule has 2 atom stereocenters. The number of hydrogen-bond donors (Lipinski definition) is 1. The van der Waals surface area contributed by atoms with Crippen LogP contribution in [0, 0.1) is 6.92 Å². The summed E-state index contributed by atoms with van der Waals surface area (Å²) in [4.78, 5) is 0. The number of nitrogens with one attached hydrogen (secondary N) is 1. The Hall–Kier alpha value is -0.480. The van der Waals surface area contributed by atoms with E-state index in [0.717, 1.165) is 30.5 Å². The Morgan fingerprint density at radius 3 is 3.00 bits per heavy atom. The van der Waals surface area contributed by atoms with Crippen LogP contribution in [0.2, 0.25) is 0 Å². The summed E-state index contributed by atoms with van der Waals surface area (Å²) >= 11 is 2.14. The van der Waals surface area contributed by atoms with Gasteiger partial charge in [-0.05, 0) is 45.1 Å². The lowest BCUT2D eigenvalue weighted by Gasteiger charge is -2.24. The molecule has 2 heterocycles. The molecule has 102 valence electrons. The van der Waals surface area contributed by atoms with Crippen molar-refractivity contribution >= 4 is 11.8 Å². The standard InChI is InChI=1S/C14H25N3S/c1-4-15-13(14-7-6-8-18-14)10-12-9-11(3)16-17(12)5-2/h9,13-15H,4-8,10H2,1-3H3. The SMILES string of the molecule is CCNC(Cc1cc(C)nn1CC)C1CCCS1. The van der Waals surface area contributed by atoms with Gasteiger partial charge in [0.05, 0.1) is 5.69 Å². The van der Waals surface area contributed by atoms with Crippen molar-refractivity contribution in [3.8, 4) is 0 Å². The average Bonchev–Trinajstić information content (AvgIpc) is 2.97. The predicted octanol–water partition coefficient (Wildman–Crippen LogP) is 2.63. The highest BCUT2D eigenvalue weighted by molar-refractivity contribution is 8.00. The molecule has 2 unspecified atom stereocenters. The van der Waals surface area contributed by atoms with Gasteiger partial charge in [0, 0.05) is 30.0 Å². The third-order valence-electron chi connectivity index (χ3n) is 3.59. The lowest BCUT2D eigenvalue weighted by molar-refractivity contribution is 0.475. The normalized spacial score (nSPS) is 21.4. The third-order valence-corrected chi connectivity index (χ3v) is 5.11. The van der Waals surface area contributed by atoms with Gasteiger partial charge in [-0.2, -0.15) is 16.9 Å². The molecule has 1 aromatic rings. The topological polar surface area (TPSA) is 29.9 Å². The van der Waals surface area contributed by atoms with Gasteiger partial charge in [0.15, 0.2) is 0 Å². The fourth-order valence-corrected chi connectivity index (χ4v) is 4.17. The van der Waals surface area contributed by atoms with Crippen LogP contribution < -0.4 is 5.32 Å². The van der Waals surface area contributed by atoms with E-state index in [1.54, 1.807) is 0 Å². The van der Waals surface area contributed by atoms with Crippen molar-refractivity contribution in [3.63, 3.8) is 0 Å². The molecule has 1 fully saturated rings. The van der Waals surface area contributed by atoms with Gasteiger partial charge < -0.3 is 5.32 Å². The van der Waals surface area contributed by atoms with Gasteiger partial charge in [0.2, 0.25) is 0 Å². The fourth-order valence-electron chi connectivity index (χ4n) is 2.78. The second-order valence-electron chi connectivity index (χ2n) is 5.01. The molecule has 4 heteroatoms. The van der Waals surface area contributed by atoms with Crippen molar-refractivity contribution in [2.75, 3.05) is 12.3 Å². The first-order valence-electron chi connectivity index (χ1n) is 7.12. The van der Waals surface area contributed by atoms with Crippen LogP contribution in [0.25, 0.3) is 0 Å². The maximum Gasteiger partial charge on any atom is 0.0596 e. The molecular weight excluding hydrogens is 242 g/mol. The summed E-state index contributed by atoms with van der Waals surface area (Å²) in [6, 6.07) is 2.84. The summed E-state index contributed by atoms with van der Waals surface area (Å²) in [5, 5.41) is 9.01. The first-order chi connectivity index (χ1) is 8.74. The van der Waals surface area contributed by atoms with Gasteiger partial charge in [-0.25, -0.2) is 0 Å². The van der Waals surface area contributed by atoms with E-state index < -0.39 is 0 Å². The first-order valence-corrected chi connectivity index (χ1v) is 8.17. The average molecular weight is 267 g/mol. The molecule has 0 aromatic carbocycles. The van der Waals surface area contributed by atoms with Crippen LogP contribution in [0.1, 0.15) is 38.1 Å². The molecule has 0 spiro atoms. The molecule has 0 saturated carbocycles. The molecule has 3 nitrogen and oxygen atoms in total. The molecule has 1 saturated heterocycles. The number of likely N-dealkylation sites (N-methyl/N-ethyl adjacent to an activating group) is 1. The Balaban J connectivity index is 2.06. The molecule has 1 N–H and O–H groups in total. The minimum absolute atomic E-state index is 0.601. The van der Waals surface area contributed by atoms with Gasteiger partial charge in [0.1, 0.15) is 0 Å². The van der Waals surface area contributed by atoms with Crippen molar-refractivity contribution in [2.24, 2.45) is 0 Å². The largest absolute Gasteiger partial charge is 0.313 e. The Morgan fingerprint density at radius 1 is 1.56 bits per heavy atom. The van der Waals surface area contributed by atoms with Crippen molar-refractivity contribution in [1.82, 2.24) is 15.1 Å². The van der Waals surface area contributed by atoms with Crippen LogP contribution >= 0.6 is 11.8 Å². The number of aryl methyl sites for hydroxylation is 2. The van der Waals surface area contributed by atoms with E-state index >= 15 is 0 Å². The Labute approximate surface area is 115 Å². The van der Waals surface area contributed by atoms with Crippen LogP contribution in [0.4, 0.5) is 0 Å². The van der Waals surface area contributed by atoms with Crippen LogP contribution in [0.15, 0.2) is 6.07 Å². The molecule has 0 radical (unpaired) electrons. The number of thioether (sulfide) groups is 1. The van der Waals surface area contributed by atoms with E-state index in [4.69, 9.17) is 0 Å². The number of rotatable bonds is 6. The summed E-state index contributed by atoms with van der Waals surface area (Å²) in [6.45, 7) is 8.49. The quantitative estimate of drug-likeness (QED) is 0.859. The summed E-state index contributed by atoms with van der Waals surface area (Å²) in [5.74, 6) is 1.33. The molecule has 1 aliphatic rings. The monoisotopic (exact) mass is 267 g/mol. The predicted molar refractivity (Wildman–Crippen MR) is 79.3 cm³/mol.